The Bertz CT molecular complexity index is 437. The van der Waals surface area contributed by atoms with Gasteiger partial charge in [0.25, 0.3) is 0 Å². The van der Waals surface area contributed by atoms with E-state index in [2.05, 4.69) is 10.3 Å². The number of nitrogens with one attached hydrogen (secondary N) is 1. The third-order valence-electron chi connectivity index (χ3n) is 2.31. The van der Waals surface area contributed by atoms with Gasteiger partial charge in [-0.05, 0) is 18.2 Å². The normalized spacial score (nSPS) is 10.1. The summed E-state index contributed by atoms with van der Waals surface area (Å²) in [6.07, 6.45) is 5.28. The molecule has 0 aliphatic rings. The van der Waals surface area contributed by atoms with Gasteiger partial charge < -0.3 is 14.6 Å². The fourth-order valence-corrected chi connectivity index (χ4v) is 1.51. The quantitative estimate of drug-likeness (QED) is 0.853. The van der Waals surface area contributed by atoms with E-state index in [1.807, 2.05) is 43.4 Å². The van der Waals surface area contributed by atoms with Gasteiger partial charge in [-0.25, -0.2) is 0 Å². The number of aromatic nitrogens is 1. The van der Waals surface area contributed by atoms with Crippen LogP contribution in [0.15, 0.2) is 41.3 Å². The highest BCUT2D eigenvalue weighted by atomic mass is 16.3. The standard InChI is InChI=1S/C12H15N3O/c1-15(2)12-5-6-13-9-11(12)14-8-10-4-3-7-16-10/h3-7,9,14H,8H2,1-2H3. The predicted octanol–water partition coefficient (Wildman–Crippen LogP) is 2.35. The van der Waals surface area contributed by atoms with Crippen LogP contribution in [0, 0.1) is 0 Å². The first kappa shape index (κ1) is 10.5. The van der Waals surface area contributed by atoms with Gasteiger partial charge in [0.05, 0.1) is 30.4 Å². The molecule has 4 nitrogen and oxygen atoms in total. The molecule has 0 aliphatic carbocycles. The minimum atomic E-state index is 0.666. The number of furan rings is 1. The molecule has 0 saturated heterocycles. The Labute approximate surface area is 94.9 Å². The van der Waals surface area contributed by atoms with Gasteiger partial charge in [0, 0.05) is 20.3 Å². The molecule has 1 N–H and O–H groups in total. The molecule has 0 saturated carbocycles. The molecule has 0 bridgehead atoms. The van der Waals surface area contributed by atoms with Crippen LogP contribution >= 0.6 is 0 Å². The van der Waals surface area contributed by atoms with Crippen LogP contribution < -0.4 is 10.2 Å². The van der Waals surface area contributed by atoms with Crippen molar-refractivity contribution in [1.29, 1.82) is 0 Å². The summed E-state index contributed by atoms with van der Waals surface area (Å²) in [5.74, 6) is 0.911. The summed E-state index contributed by atoms with van der Waals surface area (Å²) in [6.45, 7) is 0.666. The molecular weight excluding hydrogens is 202 g/mol. The first-order chi connectivity index (χ1) is 7.77. The van der Waals surface area contributed by atoms with Crippen molar-refractivity contribution >= 4 is 11.4 Å². The minimum absolute atomic E-state index is 0.666. The first-order valence-corrected chi connectivity index (χ1v) is 5.15. The Morgan fingerprint density at radius 1 is 1.38 bits per heavy atom. The second kappa shape index (κ2) is 4.70. The minimum Gasteiger partial charge on any atom is -0.467 e. The lowest BCUT2D eigenvalue weighted by Gasteiger charge is -2.17. The number of hydrogen-bond acceptors (Lipinski definition) is 4. The smallest absolute Gasteiger partial charge is 0.122 e. The second-order valence-electron chi connectivity index (χ2n) is 3.72. The van der Waals surface area contributed by atoms with E-state index in [1.54, 1.807) is 12.5 Å². The second-order valence-corrected chi connectivity index (χ2v) is 3.72. The van der Waals surface area contributed by atoms with Crippen LogP contribution in [0.2, 0.25) is 0 Å². The molecular formula is C12H15N3O. The number of anilines is 2. The van der Waals surface area contributed by atoms with Crippen molar-refractivity contribution in [3.63, 3.8) is 0 Å². The first-order valence-electron chi connectivity index (χ1n) is 5.15. The van der Waals surface area contributed by atoms with E-state index in [-0.39, 0.29) is 0 Å². The van der Waals surface area contributed by atoms with Gasteiger partial charge in [-0.1, -0.05) is 0 Å². The monoisotopic (exact) mass is 217 g/mol. The van der Waals surface area contributed by atoms with Crippen LogP contribution in [-0.4, -0.2) is 19.1 Å². The lowest BCUT2D eigenvalue weighted by molar-refractivity contribution is 0.518. The lowest BCUT2D eigenvalue weighted by Crippen LogP contribution is -2.12. The van der Waals surface area contributed by atoms with Gasteiger partial charge in [-0.15, -0.1) is 0 Å². The summed E-state index contributed by atoms with van der Waals surface area (Å²) in [7, 11) is 4.01. The molecule has 84 valence electrons. The fraction of sp³-hybridized carbons (Fsp3) is 0.250. The summed E-state index contributed by atoms with van der Waals surface area (Å²) in [4.78, 5) is 6.16. The van der Waals surface area contributed by atoms with Crippen molar-refractivity contribution in [1.82, 2.24) is 4.98 Å². The molecule has 0 radical (unpaired) electrons. The molecule has 2 rings (SSSR count). The molecule has 0 spiro atoms. The van der Waals surface area contributed by atoms with Crippen LogP contribution in [0.3, 0.4) is 0 Å². The Balaban J connectivity index is 2.09. The zero-order valence-corrected chi connectivity index (χ0v) is 9.47. The van der Waals surface area contributed by atoms with Gasteiger partial charge in [-0.2, -0.15) is 0 Å². The van der Waals surface area contributed by atoms with Gasteiger partial charge in [-0.3, -0.25) is 4.98 Å². The average Bonchev–Trinajstić information content (AvgIpc) is 2.79. The lowest BCUT2D eigenvalue weighted by atomic mass is 10.3. The van der Waals surface area contributed by atoms with E-state index in [9.17, 15) is 0 Å². The van der Waals surface area contributed by atoms with E-state index < -0.39 is 0 Å². The van der Waals surface area contributed by atoms with E-state index in [1.165, 1.54) is 0 Å². The Hall–Kier alpha value is -1.97. The topological polar surface area (TPSA) is 41.3 Å². The Kier molecular flexibility index (Phi) is 3.10. The molecule has 0 aromatic carbocycles. The van der Waals surface area contributed by atoms with E-state index in [0.29, 0.717) is 6.54 Å². The van der Waals surface area contributed by atoms with Gasteiger partial charge in [0.1, 0.15) is 5.76 Å². The molecule has 16 heavy (non-hydrogen) atoms. The summed E-state index contributed by atoms with van der Waals surface area (Å²) in [6, 6.07) is 5.80. The number of pyridine rings is 1. The maximum Gasteiger partial charge on any atom is 0.122 e. The number of hydrogen-bond donors (Lipinski definition) is 1. The van der Waals surface area contributed by atoms with Gasteiger partial charge >= 0.3 is 0 Å². The maximum absolute atomic E-state index is 5.26. The highest BCUT2D eigenvalue weighted by Gasteiger charge is 2.04. The van der Waals surface area contributed by atoms with E-state index in [0.717, 1.165) is 17.1 Å². The molecule has 0 fully saturated rings. The average molecular weight is 217 g/mol. The predicted molar refractivity (Wildman–Crippen MR) is 64.6 cm³/mol. The number of rotatable bonds is 4. The van der Waals surface area contributed by atoms with E-state index in [4.69, 9.17) is 4.42 Å². The third-order valence-corrected chi connectivity index (χ3v) is 2.31. The van der Waals surface area contributed by atoms with Gasteiger partial charge in [0.15, 0.2) is 0 Å². The molecule has 2 aromatic heterocycles. The molecule has 0 aliphatic heterocycles. The van der Waals surface area contributed by atoms with Crippen LogP contribution in [0.5, 0.6) is 0 Å². The zero-order chi connectivity index (χ0) is 11.4. The molecule has 0 amide bonds. The highest BCUT2D eigenvalue weighted by Crippen LogP contribution is 2.22. The molecule has 2 aromatic rings. The summed E-state index contributed by atoms with van der Waals surface area (Å²) >= 11 is 0. The van der Waals surface area contributed by atoms with Crippen molar-refractivity contribution in [2.75, 3.05) is 24.3 Å². The Morgan fingerprint density at radius 3 is 2.94 bits per heavy atom. The third kappa shape index (κ3) is 2.34. The molecule has 4 heteroatoms. The van der Waals surface area contributed by atoms with Crippen molar-refractivity contribution in [3.05, 3.63) is 42.6 Å². The highest BCUT2D eigenvalue weighted by molar-refractivity contribution is 5.67. The zero-order valence-electron chi connectivity index (χ0n) is 9.47. The van der Waals surface area contributed by atoms with Crippen LogP contribution in [0.4, 0.5) is 11.4 Å². The van der Waals surface area contributed by atoms with Crippen molar-refractivity contribution in [2.45, 2.75) is 6.54 Å². The Morgan fingerprint density at radius 2 is 2.25 bits per heavy atom. The largest absolute Gasteiger partial charge is 0.467 e. The molecule has 0 atom stereocenters. The van der Waals surface area contributed by atoms with Crippen LogP contribution in [-0.2, 0) is 6.54 Å². The number of nitrogens with zero attached hydrogens (tertiary/aromatic N) is 2. The van der Waals surface area contributed by atoms with E-state index >= 15 is 0 Å². The fourth-order valence-electron chi connectivity index (χ4n) is 1.51. The van der Waals surface area contributed by atoms with Crippen molar-refractivity contribution < 1.29 is 4.42 Å². The SMILES string of the molecule is CN(C)c1ccncc1NCc1ccco1. The maximum atomic E-state index is 5.26. The summed E-state index contributed by atoms with van der Waals surface area (Å²) in [5.41, 5.74) is 2.12. The van der Waals surface area contributed by atoms with Crippen molar-refractivity contribution in [3.8, 4) is 0 Å². The molecule has 0 unspecified atom stereocenters. The summed E-state index contributed by atoms with van der Waals surface area (Å²) < 4.78 is 5.26. The van der Waals surface area contributed by atoms with Crippen molar-refractivity contribution in [2.24, 2.45) is 0 Å². The molecule has 2 heterocycles. The van der Waals surface area contributed by atoms with Crippen LogP contribution in [0.1, 0.15) is 5.76 Å². The summed E-state index contributed by atoms with van der Waals surface area (Å²) in [5, 5.41) is 3.30. The van der Waals surface area contributed by atoms with Crippen LogP contribution in [0.25, 0.3) is 0 Å². The van der Waals surface area contributed by atoms with Gasteiger partial charge in [0.2, 0.25) is 0 Å².